The normalized spacial score (nSPS) is 16.4. The predicted molar refractivity (Wildman–Crippen MR) is 71.6 cm³/mol. The SMILES string of the molecule is Cl/C=C(/Cl)CN1CCCNc2ccccc21. The van der Waals surface area contributed by atoms with Crippen LogP contribution in [-0.4, -0.2) is 19.6 Å². The van der Waals surface area contributed by atoms with Crippen molar-refractivity contribution in [2.24, 2.45) is 0 Å². The highest BCUT2D eigenvalue weighted by Gasteiger charge is 2.14. The molecule has 1 N–H and O–H groups in total. The summed E-state index contributed by atoms with van der Waals surface area (Å²) < 4.78 is 0. The molecule has 0 radical (unpaired) electrons. The first-order chi connectivity index (χ1) is 7.81. The second kappa shape index (κ2) is 5.46. The number of hydrogen-bond acceptors (Lipinski definition) is 2. The van der Waals surface area contributed by atoms with E-state index in [1.807, 2.05) is 12.1 Å². The van der Waals surface area contributed by atoms with Gasteiger partial charge in [0, 0.05) is 23.7 Å². The van der Waals surface area contributed by atoms with Crippen molar-refractivity contribution in [1.82, 2.24) is 0 Å². The molecule has 1 heterocycles. The largest absolute Gasteiger partial charge is 0.383 e. The van der Waals surface area contributed by atoms with Gasteiger partial charge in [-0.1, -0.05) is 35.3 Å². The molecule has 0 atom stereocenters. The van der Waals surface area contributed by atoms with E-state index in [2.05, 4.69) is 22.3 Å². The van der Waals surface area contributed by atoms with Crippen LogP contribution in [0.2, 0.25) is 0 Å². The lowest BCUT2D eigenvalue weighted by atomic mass is 10.2. The summed E-state index contributed by atoms with van der Waals surface area (Å²) >= 11 is 11.6. The molecule has 0 aromatic heterocycles. The molecule has 0 aliphatic carbocycles. The van der Waals surface area contributed by atoms with Crippen LogP contribution in [0.3, 0.4) is 0 Å². The molecule has 16 heavy (non-hydrogen) atoms. The van der Waals surface area contributed by atoms with Crippen LogP contribution in [0.15, 0.2) is 34.8 Å². The van der Waals surface area contributed by atoms with Gasteiger partial charge in [-0.05, 0) is 18.6 Å². The molecule has 1 aromatic rings. The van der Waals surface area contributed by atoms with Gasteiger partial charge in [0.2, 0.25) is 0 Å². The first-order valence-electron chi connectivity index (χ1n) is 5.34. The summed E-state index contributed by atoms with van der Waals surface area (Å²) in [7, 11) is 0. The Morgan fingerprint density at radius 1 is 1.44 bits per heavy atom. The highest BCUT2D eigenvalue weighted by molar-refractivity contribution is 6.36. The minimum absolute atomic E-state index is 0.665. The Kier molecular flexibility index (Phi) is 3.97. The van der Waals surface area contributed by atoms with Crippen LogP contribution in [0, 0.1) is 0 Å². The molecular formula is C12H14Cl2N2. The Morgan fingerprint density at radius 2 is 2.25 bits per heavy atom. The predicted octanol–water partition coefficient (Wildman–Crippen LogP) is 3.63. The van der Waals surface area contributed by atoms with Crippen molar-refractivity contribution in [2.45, 2.75) is 6.42 Å². The minimum atomic E-state index is 0.665. The molecular weight excluding hydrogens is 243 g/mol. The summed E-state index contributed by atoms with van der Waals surface area (Å²) in [5.41, 5.74) is 3.79. The average Bonchev–Trinajstić information content (AvgIpc) is 2.52. The molecule has 0 bridgehead atoms. The summed E-state index contributed by atoms with van der Waals surface area (Å²) in [5, 5.41) is 4.07. The lowest BCUT2D eigenvalue weighted by molar-refractivity contribution is 0.804. The van der Waals surface area contributed by atoms with Gasteiger partial charge in [-0.3, -0.25) is 0 Å². The number of rotatable bonds is 2. The lowest BCUT2D eigenvalue weighted by Crippen LogP contribution is -2.25. The fourth-order valence-corrected chi connectivity index (χ4v) is 2.11. The molecule has 0 saturated carbocycles. The van der Waals surface area contributed by atoms with Gasteiger partial charge in [-0.15, -0.1) is 0 Å². The summed E-state index contributed by atoms with van der Waals surface area (Å²) in [6.45, 7) is 2.66. The van der Waals surface area contributed by atoms with Crippen molar-refractivity contribution in [3.8, 4) is 0 Å². The third-order valence-electron chi connectivity index (χ3n) is 2.63. The molecule has 1 aliphatic heterocycles. The number of halogens is 2. The van der Waals surface area contributed by atoms with Crippen molar-refractivity contribution in [2.75, 3.05) is 29.9 Å². The van der Waals surface area contributed by atoms with Gasteiger partial charge in [-0.25, -0.2) is 0 Å². The third kappa shape index (κ3) is 2.63. The van der Waals surface area contributed by atoms with Crippen LogP contribution in [0.5, 0.6) is 0 Å². The third-order valence-corrected chi connectivity index (χ3v) is 3.23. The zero-order valence-electron chi connectivity index (χ0n) is 8.92. The first-order valence-corrected chi connectivity index (χ1v) is 6.15. The maximum atomic E-state index is 5.99. The van der Waals surface area contributed by atoms with E-state index in [9.17, 15) is 0 Å². The Balaban J connectivity index is 2.25. The van der Waals surface area contributed by atoms with Gasteiger partial charge in [0.15, 0.2) is 0 Å². The van der Waals surface area contributed by atoms with Gasteiger partial charge in [0.1, 0.15) is 0 Å². The highest BCUT2D eigenvalue weighted by Crippen LogP contribution is 2.28. The number of para-hydroxylation sites is 2. The average molecular weight is 257 g/mol. The molecule has 0 fully saturated rings. The van der Waals surface area contributed by atoms with E-state index in [-0.39, 0.29) is 0 Å². The molecule has 1 aliphatic rings. The van der Waals surface area contributed by atoms with Crippen molar-refractivity contribution >= 4 is 34.6 Å². The topological polar surface area (TPSA) is 15.3 Å². The van der Waals surface area contributed by atoms with Gasteiger partial charge in [0.25, 0.3) is 0 Å². The number of nitrogens with zero attached hydrogens (tertiary/aromatic N) is 1. The van der Waals surface area contributed by atoms with E-state index in [4.69, 9.17) is 23.2 Å². The van der Waals surface area contributed by atoms with Crippen molar-refractivity contribution in [3.05, 3.63) is 34.8 Å². The molecule has 2 rings (SSSR count). The number of benzene rings is 1. The number of fused-ring (bicyclic) bond motifs is 1. The second-order valence-corrected chi connectivity index (χ2v) is 4.48. The maximum absolute atomic E-state index is 5.99. The van der Waals surface area contributed by atoms with Crippen LogP contribution in [0.1, 0.15) is 6.42 Å². The zero-order valence-corrected chi connectivity index (χ0v) is 10.4. The van der Waals surface area contributed by atoms with Crippen LogP contribution in [0.4, 0.5) is 11.4 Å². The number of anilines is 2. The van der Waals surface area contributed by atoms with Crippen LogP contribution >= 0.6 is 23.2 Å². The molecule has 4 heteroatoms. The molecule has 86 valence electrons. The smallest absolute Gasteiger partial charge is 0.0605 e. The maximum Gasteiger partial charge on any atom is 0.0605 e. The van der Waals surface area contributed by atoms with Gasteiger partial charge in [0.05, 0.1) is 17.9 Å². The molecule has 0 saturated heterocycles. The Hall–Kier alpha value is -0.860. The van der Waals surface area contributed by atoms with Crippen LogP contribution in [-0.2, 0) is 0 Å². The number of nitrogens with one attached hydrogen (secondary N) is 1. The Labute approximate surface area is 106 Å². The van der Waals surface area contributed by atoms with E-state index >= 15 is 0 Å². The van der Waals surface area contributed by atoms with E-state index in [0.717, 1.165) is 19.5 Å². The van der Waals surface area contributed by atoms with E-state index in [0.29, 0.717) is 11.6 Å². The van der Waals surface area contributed by atoms with Gasteiger partial charge in [-0.2, -0.15) is 0 Å². The Bertz CT molecular complexity index is 390. The summed E-state index contributed by atoms with van der Waals surface area (Å²) in [5.74, 6) is 0. The van der Waals surface area contributed by atoms with E-state index < -0.39 is 0 Å². The van der Waals surface area contributed by atoms with Crippen LogP contribution in [0.25, 0.3) is 0 Å². The minimum Gasteiger partial charge on any atom is -0.383 e. The van der Waals surface area contributed by atoms with Crippen molar-refractivity contribution in [3.63, 3.8) is 0 Å². The summed E-state index contributed by atoms with van der Waals surface area (Å²) in [6, 6.07) is 8.27. The molecule has 2 nitrogen and oxygen atoms in total. The fourth-order valence-electron chi connectivity index (χ4n) is 1.89. The quantitative estimate of drug-likeness (QED) is 0.870. The summed E-state index contributed by atoms with van der Waals surface area (Å²) in [4.78, 5) is 2.25. The lowest BCUT2D eigenvalue weighted by Gasteiger charge is -2.23. The number of hydrogen-bond donors (Lipinski definition) is 1. The molecule has 1 aromatic carbocycles. The van der Waals surface area contributed by atoms with Gasteiger partial charge >= 0.3 is 0 Å². The summed E-state index contributed by atoms with van der Waals surface area (Å²) in [6.07, 6.45) is 1.10. The second-order valence-electron chi connectivity index (χ2n) is 3.78. The van der Waals surface area contributed by atoms with Crippen molar-refractivity contribution < 1.29 is 0 Å². The first kappa shape index (κ1) is 11.6. The van der Waals surface area contributed by atoms with Crippen LogP contribution < -0.4 is 10.2 Å². The van der Waals surface area contributed by atoms with Gasteiger partial charge < -0.3 is 10.2 Å². The molecule has 0 spiro atoms. The monoisotopic (exact) mass is 256 g/mol. The van der Waals surface area contributed by atoms with E-state index in [1.165, 1.54) is 16.9 Å². The zero-order chi connectivity index (χ0) is 11.4. The van der Waals surface area contributed by atoms with E-state index in [1.54, 1.807) is 0 Å². The molecule has 0 unspecified atom stereocenters. The highest BCUT2D eigenvalue weighted by atomic mass is 35.5. The fraction of sp³-hybridized carbons (Fsp3) is 0.333. The molecule has 0 amide bonds. The standard InChI is InChI=1S/C12H14Cl2N2/c13-8-10(14)9-16-7-3-6-15-11-4-1-2-5-12(11)16/h1-2,4-5,8,15H,3,6-7,9H2/b10-8+. The van der Waals surface area contributed by atoms with Crippen molar-refractivity contribution in [1.29, 1.82) is 0 Å². The Morgan fingerprint density at radius 3 is 3.06 bits per heavy atom.